The molecule has 4 nitrogen and oxygen atoms in total. The summed E-state index contributed by atoms with van der Waals surface area (Å²) in [7, 11) is 0. The van der Waals surface area contributed by atoms with E-state index >= 15 is 0 Å². The Kier molecular flexibility index (Phi) is 7.43. The maximum atomic E-state index is 12.6. The lowest BCUT2D eigenvalue weighted by Crippen LogP contribution is -2.41. The van der Waals surface area contributed by atoms with E-state index in [1.165, 1.54) is 0 Å². The van der Waals surface area contributed by atoms with Crippen LogP contribution < -0.4 is 5.32 Å². The SMILES string of the molecule is CCCNC(=O)CN(CCC)C(=O)c1cc(C)cc(Br)c1. The van der Waals surface area contributed by atoms with Crippen molar-refractivity contribution < 1.29 is 9.59 Å². The van der Waals surface area contributed by atoms with E-state index in [-0.39, 0.29) is 18.4 Å². The molecule has 5 heteroatoms. The van der Waals surface area contributed by atoms with Gasteiger partial charge in [0.15, 0.2) is 0 Å². The summed E-state index contributed by atoms with van der Waals surface area (Å²) >= 11 is 3.40. The molecule has 0 saturated carbocycles. The Morgan fingerprint density at radius 1 is 1.19 bits per heavy atom. The number of carbonyl (C=O) groups excluding carboxylic acids is 2. The number of aryl methyl sites for hydroxylation is 1. The molecule has 21 heavy (non-hydrogen) atoms. The van der Waals surface area contributed by atoms with Gasteiger partial charge in [-0.15, -0.1) is 0 Å². The summed E-state index contributed by atoms with van der Waals surface area (Å²) in [5.74, 6) is -0.210. The van der Waals surface area contributed by atoms with Gasteiger partial charge in [-0.3, -0.25) is 9.59 Å². The number of amides is 2. The third-order valence-corrected chi connectivity index (χ3v) is 3.43. The van der Waals surface area contributed by atoms with Crippen molar-refractivity contribution in [2.45, 2.75) is 33.6 Å². The molecule has 0 saturated heterocycles. The second-order valence-corrected chi connectivity index (χ2v) is 6.01. The van der Waals surface area contributed by atoms with Crippen LogP contribution in [0.15, 0.2) is 22.7 Å². The quantitative estimate of drug-likeness (QED) is 0.817. The second kappa shape index (κ2) is 8.82. The van der Waals surface area contributed by atoms with Gasteiger partial charge in [0.2, 0.25) is 5.91 Å². The highest BCUT2D eigenvalue weighted by molar-refractivity contribution is 9.10. The van der Waals surface area contributed by atoms with Crippen LogP contribution in [0.4, 0.5) is 0 Å². The summed E-state index contributed by atoms with van der Waals surface area (Å²) in [5.41, 5.74) is 1.62. The van der Waals surface area contributed by atoms with Crippen LogP contribution in [-0.2, 0) is 4.79 Å². The Bertz CT molecular complexity index is 483. The van der Waals surface area contributed by atoms with E-state index < -0.39 is 0 Å². The number of halogens is 1. The van der Waals surface area contributed by atoms with Crippen molar-refractivity contribution in [2.75, 3.05) is 19.6 Å². The molecule has 0 radical (unpaired) electrons. The van der Waals surface area contributed by atoms with Crippen LogP contribution in [0.2, 0.25) is 0 Å². The van der Waals surface area contributed by atoms with Gasteiger partial charge in [-0.25, -0.2) is 0 Å². The predicted octanol–water partition coefficient (Wildman–Crippen LogP) is 3.14. The molecule has 0 aromatic heterocycles. The van der Waals surface area contributed by atoms with E-state index in [0.29, 0.717) is 18.7 Å². The van der Waals surface area contributed by atoms with Crippen LogP contribution in [0.25, 0.3) is 0 Å². The Hall–Kier alpha value is -1.36. The zero-order valence-electron chi connectivity index (χ0n) is 12.9. The topological polar surface area (TPSA) is 49.4 Å². The third kappa shape index (κ3) is 5.87. The molecule has 0 fully saturated rings. The fourth-order valence-corrected chi connectivity index (χ4v) is 2.67. The average molecular weight is 355 g/mol. The van der Waals surface area contributed by atoms with Crippen LogP contribution in [-0.4, -0.2) is 36.3 Å². The fraction of sp³-hybridized carbons (Fsp3) is 0.500. The minimum Gasteiger partial charge on any atom is -0.355 e. The number of nitrogens with zero attached hydrogens (tertiary/aromatic N) is 1. The minimum atomic E-state index is -0.106. The molecule has 0 spiro atoms. The second-order valence-electron chi connectivity index (χ2n) is 5.09. The molecule has 116 valence electrons. The summed E-state index contributed by atoms with van der Waals surface area (Å²) in [6.45, 7) is 7.26. The number of hydrogen-bond acceptors (Lipinski definition) is 2. The average Bonchev–Trinajstić information content (AvgIpc) is 2.42. The first-order chi connectivity index (χ1) is 9.97. The third-order valence-electron chi connectivity index (χ3n) is 2.98. The zero-order chi connectivity index (χ0) is 15.8. The number of carbonyl (C=O) groups is 2. The monoisotopic (exact) mass is 354 g/mol. The van der Waals surface area contributed by atoms with Crippen molar-refractivity contribution in [3.8, 4) is 0 Å². The van der Waals surface area contributed by atoms with Crippen LogP contribution in [0, 0.1) is 6.92 Å². The van der Waals surface area contributed by atoms with E-state index in [0.717, 1.165) is 22.9 Å². The first kappa shape index (κ1) is 17.7. The van der Waals surface area contributed by atoms with Crippen molar-refractivity contribution in [1.82, 2.24) is 10.2 Å². The van der Waals surface area contributed by atoms with E-state index in [1.54, 1.807) is 11.0 Å². The van der Waals surface area contributed by atoms with E-state index in [1.807, 2.05) is 32.9 Å². The predicted molar refractivity (Wildman–Crippen MR) is 88.4 cm³/mol. The largest absolute Gasteiger partial charge is 0.355 e. The van der Waals surface area contributed by atoms with Crippen molar-refractivity contribution in [2.24, 2.45) is 0 Å². The minimum absolute atomic E-state index is 0.104. The number of benzene rings is 1. The lowest BCUT2D eigenvalue weighted by Gasteiger charge is -2.22. The van der Waals surface area contributed by atoms with Crippen LogP contribution in [0.1, 0.15) is 42.6 Å². The Labute approximate surface area is 135 Å². The summed E-state index contributed by atoms with van der Waals surface area (Å²) < 4.78 is 0.873. The lowest BCUT2D eigenvalue weighted by atomic mass is 10.1. The Morgan fingerprint density at radius 2 is 1.90 bits per heavy atom. The Balaban J connectivity index is 2.83. The van der Waals surface area contributed by atoms with Crippen LogP contribution >= 0.6 is 15.9 Å². The standard InChI is InChI=1S/C16H23BrN2O2/c1-4-6-18-15(20)11-19(7-5-2)16(21)13-8-12(3)9-14(17)10-13/h8-10H,4-7,11H2,1-3H3,(H,18,20). The summed E-state index contributed by atoms with van der Waals surface area (Å²) in [6, 6.07) is 5.59. The van der Waals surface area contributed by atoms with Gasteiger partial charge in [0.05, 0.1) is 6.54 Å². The van der Waals surface area contributed by atoms with Gasteiger partial charge in [-0.2, -0.15) is 0 Å². The van der Waals surface area contributed by atoms with Crippen molar-refractivity contribution >= 4 is 27.7 Å². The summed E-state index contributed by atoms with van der Waals surface area (Å²) in [4.78, 5) is 26.0. The normalized spacial score (nSPS) is 10.3. The summed E-state index contributed by atoms with van der Waals surface area (Å²) in [5, 5.41) is 2.81. The molecule has 0 bridgehead atoms. The molecule has 1 N–H and O–H groups in total. The molecular weight excluding hydrogens is 332 g/mol. The highest BCUT2D eigenvalue weighted by atomic mass is 79.9. The van der Waals surface area contributed by atoms with Gasteiger partial charge >= 0.3 is 0 Å². The van der Waals surface area contributed by atoms with Gasteiger partial charge in [-0.05, 0) is 43.5 Å². The molecule has 0 aliphatic rings. The molecule has 0 atom stereocenters. The molecule has 0 aliphatic carbocycles. The molecule has 0 heterocycles. The van der Waals surface area contributed by atoms with Gasteiger partial charge in [-0.1, -0.05) is 29.8 Å². The van der Waals surface area contributed by atoms with E-state index in [2.05, 4.69) is 21.2 Å². The molecule has 0 aliphatic heterocycles. The van der Waals surface area contributed by atoms with Gasteiger partial charge in [0.1, 0.15) is 0 Å². The first-order valence-electron chi connectivity index (χ1n) is 7.31. The van der Waals surface area contributed by atoms with Crippen LogP contribution in [0.3, 0.4) is 0 Å². The van der Waals surface area contributed by atoms with Gasteiger partial charge < -0.3 is 10.2 Å². The highest BCUT2D eigenvalue weighted by Crippen LogP contribution is 2.17. The van der Waals surface area contributed by atoms with Crippen molar-refractivity contribution in [3.05, 3.63) is 33.8 Å². The maximum Gasteiger partial charge on any atom is 0.254 e. The zero-order valence-corrected chi connectivity index (χ0v) is 14.5. The molecule has 1 aromatic carbocycles. The molecule has 1 rings (SSSR count). The number of nitrogens with one attached hydrogen (secondary N) is 1. The Morgan fingerprint density at radius 3 is 2.48 bits per heavy atom. The summed E-state index contributed by atoms with van der Waals surface area (Å²) in [6.07, 6.45) is 1.71. The number of hydrogen-bond donors (Lipinski definition) is 1. The molecular formula is C16H23BrN2O2. The smallest absolute Gasteiger partial charge is 0.254 e. The maximum absolute atomic E-state index is 12.6. The van der Waals surface area contributed by atoms with Crippen molar-refractivity contribution in [1.29, 1.82) is 0 Å². The lowest BCUT2D eigenvalue weighted by molar-refractivity contribution is -0.121. The van der Waals surface area contributed by atoms with E-state index in [4.69, 9.17) is 0 Å². The van der Waals surface area contributed by atoms with Crippen molar-refractivity contribution in [3.63, 3.8) is 0 Å². The first-order valence-corrected chi connectivity index (χ1v) is 8.10. The van der Waals surface area contributed by atoms with Gasteiger partial charge in [0.25, 0.3) is 5.91 Å². The fourth-order valence-electron chi connectivity index (χ4n) is 2.06. The molecule has 0 unspecified atom stereocenters. The van der Waals surface area contributed by atoms with Crippen LogP contribution in [0.5, 0.6) is 0 Å². The molecule has 2 amide bonds. The molecule has 1 aromatic rings. The van der Waals surface area contributed by atoms with Gasteiger partial charge in [0, 0.05) is 23.1 Å². The highest BCUT2D eigenvalue weighted by Gasteiger charge is 2.18. The van der Waals surface area contributed by atoms with E-state index in [9.17, 15) is 9.59 Å². The number of rotatable bonds is 7.